The van der Waals surface area contributed by atoms with Gasteiger partial charge in [-0.25, -0.2) is 0 Å². The van der Waals surface area contributed by atoms with E-state index in [-0.39, 0.29) is 201 Å². The van der Waals surface area contributed by atoms with Gasteiger partial charge in [0.25, 0.3) is 6.47 Å². The van der Waals surface area contributed by atoms with Crippen molar-refractivity contribution in [3.8, 4) is 0 Å². The van der Waals surface area contributed by atoms with Crippen molar-refractivity contribution in [1.82, 2.24) is 0 Å². The monoisotopic (exact) mass is 1120 g/mol. The number of carbonyl (C=O) groups excluding carboxylic acids is 7. The molecule has 0 aromatic carbocycles. The number of halogens is 1. The molecular formula is C50H77BrK2O14S2. The van der Waals surface area contributed by atoms with Crippen LogP contribution in [0.3, 0.4) is 0 Å². The molecular weight excluding hydrogens is 1050 g/mol. The Bertz CT molecular complexity index is 1930. The minimum Gasteiger partial charge on any atom is -1.00 e. The predicted molar refractivity (Wildman–Crippen MR) is 265 cm³/mol. The van der Waals surface area contributed by atoms with Crippen molar-refractivity contribution in [2.75, 3.05) is 24.7 Å². The Kier molecular flexibility index (Phi) is 35.3. The number of aliphatic hydroxyl groups excluding tert-OH is 3. The van der Waals surface area contributed by atoms with E-state index < -0.39 is 10.8 Å². The first kappa shape index (κ1) is 71.4. The molecule has 3 N–H and O–H groups in total. The third kappa shape index (κ3) is 21.5. The maximum atomic E-state index is 13.1. The standard InChI is InChI=1S/C25H38O5S.C22H31BrO5.C2H6OS.CH2O3.2K.H/c1-14(2)19-12-18(9-8-15(19)3)30-20(27)13-25(6,7)21-16(4)23(29)24(31-11-10-26)17(5)22(21)28;1-11(2)15-9-14(7-8-16(15)24)28-17(25)10-22(5,6)18-12(3)21(27)19(23)13(4)20(18)26;3-1-2-4;2-1-4-3;;;/h14-15,18-19,26H,8-13H2,1-7H3;11,14-16,24H,7-10H2,1-6H3;3-4H,1-2H2;1,3H;;;/q;;;;2*+1;-1/p-1/t15?,18?,19-;14?,15-,16?;;;;;/m00...../s1. The summed E-state index contributed by atoms with van der Waals surface area (Å²) in [5, 5.41) is 35.5. The van der Waals surface area contributed by atoms with Crippen LogP contribution in [0.15, 0.2) is 42.8 Å². The SMILES string of the molecule is CC1=C(Br)C(=O)C(C)=C(C(C)(C)CC(=O)OC2CCC(O)[C@H](C(C)C)C2)C1=O.CC1=C(SCCO)C(=O)C(C)=C(C(C)(C)CC(=O)OC2CCC(C)[C@H](C(C)C)C2)C1=O.O=CO[O-].OCCS.[H-].[K+].[K+]. The smallest absolute Gasteiger partial charge is 1.00 e. The van der Waals surface area contributed by atoms with Gasteiger partial charge in [-0.15, -0.1) is 11.8 Å². The Morgan fingerprint density at radius 1 is 0.754 bits per heavy atom. The van der Waals surface area contributed by atoms with E-state index in [9.17, 15) is 33.9 Å². The summed E-state index contributed by atoms with van der Waals surface area (Å²) in [5.74, 6) is 1.62. The third-order valence-electron chi connectivity index (χ3n) is 13.0. The molecule has 0 aromatic heterocycles. The number of allylic oxidation sites excluding steroid dienone is 8. The van der Waals surface area contributed by atoms with Gasteiger partial charge in [-0.1, -0.05) is 62.3 Å². The number of aliphatic hydroxyl groups is 3. The molecule has 0 radical (unpaired) electrons. The van der Waals surface area contributed by atoms with Gasteiger partial charge in [0.2, 0.25) is 0 Å². The molecule has 0 amide bonds. The van der Waals surface area contributed by atoms with Crippen LogP contribution in [0.25, 0.3) is 0 Å². The zero-order valence-corrected chi connectivity index (χ0v) is 53.3. The first-order valence-corrected chi connectivity index (χ1v) is 25.4. The number of rotatable bonds is 15. The second kappa shape index (κ2) is 34.1. The van der Waals surface area contributed by atoms with Crippen molar-refractivity contribution in [1.29, 1.82) is 0 Å². The van der Waals surface area contributed by atoms with Crippen molar-refractivity contribution >= 4 is 81.9 Å². The second-order valence-corrected chi connectivity index (χ2v) is 22.1. The molecule has 2 fully saturated rings. The molecule has 0 saturated heterocycles. The number of hydrogen-bond donors (Lipinski definition) is 4. The van der Waals surface area contributed by atoms with E-state index in [0.717, 1.165) is 19.3 Å². The number of Topliss-reactive ketones (excluding diaryl/α,β-unsaturated/α-hetero) is 4. The average Bonchev–Trinajstić information content (AvgIpc) is 3.25. The number of carbonyl (C=O) groups is 7. The Hall–Kier alpha value is 0.343. The number of ketones is 4. The third-order valence-corrected chi connectivity index (χ3v) is 15.3. The van der Waals surface area contributed by atoms with E-state index in [1.54, 1.807) is 41.5 Å². The number of esters is 2. The largest absolute Gasteiger partial charge is 1.00 e. The Morgan fingerprint density at radius 3 is 1.57 bits per heavy atom. The molecule has 19 heteroatoms. The van der Waals surface area contributed by atoms with Crippen LogP contribution in [-0.4, -0.2) is 99.9 Å². The fourth-order valence-corrected chi connectivity index (χ4v) is 10.8. The van der Waals surface area contributed by atoms with Crippen molar-refractivity contribution in [3.05, 3.63) is 42.8 Å². The fourth-order valence-electron chi connectivity index (χ4n) is 9.45. The van der Waals surface area contributed by atoms with Crippen LogP contribution < -0.4 is 108 Å². The summed E-state index contributed by atoms with van der Waals surface area (Å²) in [6, 6.07) is 0. The van der Waals surface area contributed by atoms with Crippen LogP contribution in [0.5, 0.6) is 0 Å². The van der Waals surface area contributed by atoms with Crippen molar-refractivity contribution in [2.24, 2.45) is 40.4 Å². The predicted octanol–water partition coefficient (Wildman–Crippen LogP) is 1.61. The molecule has 6 atom stereocenters. The van der Waals surface area contributed by atoms with Gasteiger partial charge in [-0.3, -0.25) is 33.6 Å². The molecule has 14 nitrogen and oxygen atoms in total. The van der Waals surface area contributed by atoms with E-state index >= 15 is 0 Å². The number of hydrogen-bond acceptors (Lipinski definition) is 16. The first-order chi connectivity index (χ1) is 31.1. The van der Waals surface area contributed by atoms with Crippen LogP contribution in [0.4, 0.5) is 0 Å². The molecule has 69 heavy (non-hydrogen) atoms. The first-order valence-electron chi connectivity index (χ1n) is 23.0. The number of thioether (sulfide) groups is 1. The van der Waals surface area contributed by atoms with Gasteiger partial charge in [-0.2, -0.15) is 12.6 Å². The maximum absolute atomic E-state index is 13.1. The molecule has 0 aliphatic heterocycles. The van der Waals surface area contributed by atoms with Crippen LogP contribution >= 0.6 is 40.3 Å². The minimum atomic E-state index is -0.811. The van der Waals surface area contributed by atoms with Crippen molar-refractivity contribution in [3.63, 3.8) is 0 Å². The summed E-state index contributed by atoms with van der Waals surface area (Å²) >= 11 is 8.07. The topological polar surface area (TPSA) is 231 Å². The summed E-state index contributed by atoms with van der Waals surface area (Å²) in [6.45, 7) is 24.6. The summed E-state index contributed by atoms with van der Waals surface area (Å²) in [6.07, 6.45) is 4.18. The Morgan fingerprint density at radius 2 is 1.16 bits per heavy atom. The van der Waals surface area contributed by atoms with Crippen molar-refractivity contribution < 1.29 is 173 Å². The van der Waals surface area contributed by atoms with Crippen molar-refractivity contribution in [2.45, 2.75) is 160 Å². The van der Waals surface area contributed by atoms with Crippen LogP contribution in [0.2, 0.25) is 0 Å². The zero-order valence-electron chi connectivity index (χ0n) is 44.7. The zero-order chi connectivity index (χ0) is 51.7. The quantitative estimate of drug-likeness (QED) is 0.0347. The summed E-state index contributed by atoms with van der Waals surface area (Å²) in [7, 11) is 0. The molecule has 2 saturated carbocycles. The molecule has 4 rings (SSSR count). The molecule has 4 aliphatic rings. The van der Waals surface area contributed by atoms with Gasteiger partial charge in [0, 0.05) is 55.8 Å². The fraction of sp³-hybridized carbons (Fsp3) is 0.700. The Balaban J connectivity index is -0.00000107. The van der Waals surface area contributed by atoms with Gasteiger partial charge in [-0.05, 0) is 112 Å². The van der Waals surface area contributed by atoms with E-state index in [2.05, 4.69) is 68.1 Å². The summed E-state index contributed by atoms with van der Waals surface area (Å²) in [4.78, 5) is 88.3. The van der Waals surface area contributed by atoms with E-state index in [1.807, 2.05) is 13.8 Å². The van der Waals surface area contributed by atoms with E-state index in [0.29, 0.717) is 92.8 Å². The van der Waals surface area contributed by atoms with Gasteiger partial charge >= 0.3 is 115 Å². The molecule has 0 bridgehead atoms. The molecule has 382 valence electrons. The molecule has 4 aliphatic carbocycles. The van der Waals surface area contributed by atoms with Crippen LogP contribution in [-0.2, 0) is 47.9 Å². The molecule has 0 aromatic rings. The minimum absolute atomic E-state index is 0. The summed E-state index contributed by atoms with van der Waals surface area (Å²) in [5.41, 5.74) is 0.698. The van der Waals surface area contributed by atoms with E-state index in [4.69, 9.17) is 29.7 Å². The van der Waals surface area contributed by atoms with Gasteiger partial charge in [0.1, 0.15) is 12.2 Å². The van der Waals surface area contributed by atoms with E-state index in [1.165, 1.54) is 11.8 Å². The molecule has 4 unspecified atom stereocenters. The number of ether oxygens (including phenoxy) is 2. The summed E-state index contributed by atoms with van der Waals surface area (Å²) < 4.78 is 11.8. The Labute approximate surface area is 515 Å². The average molecular weight is 1120 g/mol. The van der Waals surface area contributed by atoms with Crippen LogP contribution in [0, 0.1) is 40.4 Å². The normalized spacial score (nSPS) is 23.1. The van der Waals surface area contributed by atoms with Crippen LogP contribution in [0.1, 0.15) is 143 Å². The van der Waals surface area contributed by atoms with Gasteiger partial charge < -0.3 is 36.4 Å². The second-order valence-electron chi connectivity index (χ2n) is 19.8. The van der Waals surface area contributed by atoms with Gasteiger partial charge in [0.15, 0.2) is 23.1 Å². The molecule has 0 heterocycles. The van der Waals surface area contributed by atoms with Gasteiger partial charge in [0.05, 0.1) is 41.5 Å². The maximum Gasteiger partial charge on any atom is 1.00 e. The number of thiol groups is 1. The molecule has 0 spiro atoms.